The largest absolute Gasteiger partial charge is 0.743 e. The molecule has 0 atom stereocenters. The van der Waals surface area contributed by atoms with E-state index in [-0.39, 0.29) is 5.75 Å². The van der Waals surface area contributed by atoms with E-state index in [1.807, 2.05) is 6.92 Å². The fraction of sp³-hybridized carbons (Fsp3) is 0.333. The zero-order chi connectivity index (χ0) is 11.1. The van der Waals surface area contributed by atoms with Gasteiger partial charge < -0.3 is 14.4 Å². The molecule has 0 fully saturated rings. The van der Waals surface area contributed by atoms with Gasteiger partial charge in [0.25, 0.3) is 0 Å². The van der Waals surface area contributed by atoms with Crippen molar-refractivity contribution in [3.05, 3.63) is 24.3 Å². The highest BCUT2D eigenvalue weighted by molar-refractivity contribution is 6.35. The first-order valence-corrected chi connectivity index (χ1v) is 4.61. The molecule has 0 aliphatic heterocycles. The number of benzene rings is 1. The normalized spacial score (nSPS) is 9.80. The van der Waals surface area contributed by atoms with Crippen LogP contribution in [0, 0.1) is 0 Å². The Hall–Kier alpha value is -1.27. The zero-order valence-corrected chi connectivity index (χ0v) is 8.35. The highest BCUT2D eigenvalue weighted by Crippen LogP contribution is 2.19. The van der Waals surface area contributed by atoms with Gasteiger partial charge in [0, 0.05) is 6.07 Å². The van der Waals surface area contributed by atoms with Gasteiger partial charge in [0.1, 0.15) is 11.5 Å². The number of rotatable bonds is 6. The van der Waals surface area contributed by atoms with E-state index in [1.165, 1.54) is 6.07 Å². The number of hydrogen-bond donors (Lipinski definition) is 1. The van der Waals surface area contributed by atoms with E-state index >= 15 is 0 Å². The first-order valence-electron chi connectivity index (χ1n) is 4.61. The molecule has 0 spiro atoms. The second kappa shape index (κ2) is 6.26. The molecule has 0 amide bonds. The highest BCUT2D eigenvalue weighted by atomic mass is 19.3. The summed E-state index contributed by atoms with van der Waals surface area (Å²) in [5.74, 6) is 0.870. The van der Waals surface area contributed by atoms with Gasteiger partial charge in [-0.3, -0.25) is 0 Å². The smallest absolute Gasteiger partial charge is 0.510 e. The topological polar surface area (TPSA) is 47.9 Å². The Morgan fingerprint density at radius 3 is 2.80 bits per heavy atom. The minimum atomic E-state index is -1.91. The van der Waals surface area contributed by atoms with E-state index in [0.29, 0.717) is 12.4 Å². The molecule has 6 heteroatoms. The number of halogens is 1. The van der Waals surface area contributed by atoms with Crippen molar-refractivity contribution in [2.45, 2.75) is 13.3 Å². The molecule has 4 nitrogen and oxygen atoms in total. The van der Waals surface area contributed by atoms with Gasteiger partial charge in [0.2, 0.25) is 0 Å². The molecular formula is C9H12BFO4. The first-order chi connectivity index (χ1) is 7.26. The summed E-state index contributed by atoms with van der Waals surface area (Å²) < 4.78 is 21.4. The molecule has 1 aromatic carbocycles. The summed E-state index contributed by atoms with van der Waals surface area (Å²) in [6, 6.07) is 6.51. The van der Waals surface area contributed by atoms with Crippen molar-refractivity contribution >= 4 is 7.32 Å². The van der Waals surface area contributed by atoms with Gasteiger partial charge >= 0.3 is 7.32 Å². The molecule has 0 saturated carbocycles. The predicted molar refractivity (Wildman–Crippen MR) is 53.0 cm³/mol. The molecule has 0 radical (unpaired) electrons. The Morgan fingerprint density at radius 2 is 2.13 bits per heavy atom. The predicted octanol–water partition coefficient (Wildman–Crippen LogP) is 1.73. The van der Waals surface area contributed by atoms with E-state index in [2.05, 4.69) is 9.51 Å². The third-order valence-electron chi connectivity index (χ3n) is 1.59. The lowest BCUT2D eigenvalue weighted by Crippen LogP contribution is -2.22. The lowest BCUT2D eigenvalue weighted by molar-refractivity contribution is -0.0527. The van der Waals surface area contributed by atoms with Crippen LogP contribution in [0.25, 0.3) is 0 Å². The van der Waals surface area contributed by atoms with Crippen molar-refractivity contribution in [3.63, 3.8) is 0 Å². The van der Waals surface area contributed by atoms with Crippen LogP contribution >= 0.6 is 0 Å². The average molecular weight is 214 g/mol. The Morgan fingerprint density at radius 1 is 1.40 bits per heavy atom. The number of hydrogen-bond acceptors (Lipinski definition) is 4. The molecule has 0 bridgehead atoms. The second-order valence-corrected chi connectivity index (χ2v) is 2.84. The molecule has 15 heavy (non-hydrogen) atoms. The van der Waals surface area contributed by atoms with E-state index in [4.69, 9.17) is 9.76 Å². The summed E-state index contributed by atoms with van der Waals surface area (Å²) in [7, 11) is -1.91. The molecule has 1 rings (SSSR count). The third kappa shape index (κ3) is 4.18. The van der Waals surface area contributed by atoms with Crippen LogP contribution in [0.3, 0.4) is 0 Å². The van der Waals surface area contributed by atoms with Crippen LogP contribution in [0.1, 0.15) is 13.3 Å². The Bertz CT molecular complexity index is 297. The van der Waals surface area contributed by atoms with E-state index in [1.54, 1.807) is 18.2 Å². The molecule has 0 aromatic heterocycles. The van der Waals surface area contributed by atoms with Crippen molar-refractivity contribution in [2.75, 3.05) is 6.61 Å². The summed E-state index contributed by atoms with van der Waals surface area (Å²) in [6.07, 6.45) is 0.890. The van der Waals surface area contributed by atoms with Gasteiger partial charge in [-0.15, -0.1) is 0 Å². The fourth-order valence-electron chi connectivity index (χ4n) is 0.992. The molecule has 0 aliphatic carbocycles. The van der Waals surface area contributed by atoms with Crippen molar-refractivity contribution in [1.82, 2.24) is 0 Å². The third-order valence-corrected chi connectivity index (χ3v) is 1.59. The standard InChI is InChI=1S/C9H12BFO4/c1-2-6-13-8-4-3-5-9(7-8)14-10(12)15-11/h3-5,7,12H,2,6H2,1H3. The maximum absolute atomic E-state index is 11.5. The van der Waals surface area contributed by atoms with Crippen LogP contribution in [0.5, 0.6) is 11.5 Å². The van der Waals surface area contributed by atoms with Gasteiger partial charge in [-0.05, 0) is 18.6 Å². The highest BCUT2D eigenvalue weighted by Gasteiger charge is 2.19. The van der Waals surface area contributed by atoms with Crippen molar-refractivity contribution < 1.29 is 23.8 Å². The molecule has 1 aromatic rings. The molecule has 0 unspecified atom stereocenters. The van der Waals surface area contributed by atoms with Gasteiger partial charge in [-0.2, -0.15) is 4.86 Å². The molecular weight excluding hydrogens is 202 g/mol. The summed E-state index contributed by atoms with van der Waals surface area (Å²) in [5.41, 5.74) is 0. The van der Waals surface area contributed by atoms with Crippen LogP contribution in [0.4, 0.5) is 4.53 Å². The average Bonchev–Trinajstić information content (AvgIpc) is 2.26. The van der Waals surface area contributed by atoms with Crippen molar-refractivity contribution in [3.8, 4) is 11.5 Å². The van der Waals surface area contributed by atoms with E-state index in [0.717, 1.165) is 6.42 Å². The Labute approximate surface area is 87.7 Å². The summed E-state index contributed by atoms with van der Waals surface area (Å²) in [6.45, 7) is 2.58. The summed E-state index contributed by atoms with van der Waals surface area (Å²) >= 11 is 0. The molecule has 0 aliphatic rings. The van der Waals surface area contributed by atoms with Crippen molar-refractivity contribution in [1.29, 1.82) is 0 Å². The van der Waals surface area contributed by atoms with E-state index < -0.39 is 7.32 Å². The molecule has 82 valence electrons. The quantitative estimate of drug-likeness (QED) is 0.732. The Kier molecular flexibility index (Phi) is 4.93. The summed E-state index contributed by atoms with van der Waals surface area (Å²) in [5, 5.41) is 8.72. The Balaban J connectivity index is 2.57. The minimum Gasteiger partial charge on any atom is -0.510 e. The van der Waals surface area contributed by atoms with Crippen LogP contribution < -0.4 is 9.39 Å². The van der Waals surface area contributed by atoms with Gasteiger partial charge in [-0.25, -0.2) is 0 Å². The molecule has 0 saturated heterocycles. The number of ether oxygens (including phenoxy) is 1. The lowest BCUT2D eigenvalue weighted by atomic mass is 10.2. The zero-order valence-electron chi connectivity index (χ0n) is 8.35. The van der Waals surface area contributed by atoms with Crippen LogP contribution in [-0.4, -0.2) is 19.0 Å². The lowest BCUT2D eigenvalue weighted by Gasteiger charge is -2.08. The van der Waals surface area contributed by atoms with Gasteiger partial charge in [-0.1, -0.05) is 17.5 Å². The van der Waals surface area contributed by atoms with E-state index in [9.17, 15) is 4.53 Å². The summed E-state index contributed by atoms with van der Waals surface area (Å²) in [4.78, 5) is 3.07. The first kappa shape index (κ1) is 11.8. The van der Waals surface area contributed by atoms with Crippen molar-refractivity contribution in [2.24, 2.45) is 0 Å². The molecule has 1 N–H and O–H groups in total. The maximum atomic E-state index is 11.5. The second-order valence-electron chi connectivity index (χ2n) is 2.84. The van der Waals surface area contributed by atoms with Gasteiger partial charge in [0.05, 0.1) is 6.61 Å². The van der Waals surface area contributed by atoms with Gasteiger partial charge in [0.15, 0.2) is 0 Å². The monoisotopic (exact) mass is 214 g/mol. The fourth-order valence-corrected chi connectivity index (χ4v) is 0.992. The maximum Gasteiger partial charge on any atom is 0.743 e. The van der Waals surface area contributed by atoms with Crippen LogP contribution in [-0.2, 0) is 4.86 Å². The van der Waals surface area contributed by atoms with Crippen LogP contribution in [0.2, 0.25) is 0 Å². The SMILES string of the molecule is CCCOc1cccc(OB(O)OF)c1. The van der Waals surface area contributed by atoms with Crippen LogP contribution in [0.15, 0.2) is 24.3 Å². The minimum absolute atomic E-state index is 0.272. The molecule has 0 heterocycles.